The maximum absolute atomic E-state index is 12.1. The number of aryl methyl sites for hydroxylation is 2. The molecule has 1 aliphatic rings. The number of rotatable bonds is 7. The van der Waals surface area contributed by atoms with Gasteiger partial charge >= 0.3 is 6.03 Å². The Hall–Kier alpha value is -2.60. The molecule has 3 rings (SSSR count). The van der Waals surface area contributed by atoms with Gasteiger partial charge in [0, 0.05) is 0 Å². The van der Waals surface area contributed by atoms with E-state index in [-0.39, 0.29) is 19.0 Å². The van der Waals surface area contributed by atoms with E-state index in [2.05, 4.69) is 46.7 Å². The number of nitrogens with zero attached hydrogens (tertiary/aromatic N) is 1. The predicted molar refractivity (Wildman–Crippen MR) is 108 cm³/mol. The molecule has 1 fully saturated rings. The fraction of sp³-hybridized carbons (Fsp3) is 0.455. The van der Waals surface area contributed by atoms with Gasteiger partial charge in [0.25, 0.3) is 0 Å². The Balaban J connectivity index is 1.30. The molecule has 2 N–H and O–H groups in total. The van der Waals surface area contributed by atoms with E-state index in [1.807, 2.05) is 0 Å². The van der Waals surface area contributed by atoms with Gasteiger partial charge < -0.3 is 9.73 Å². The highest BCUT2D eigenvalue weighted by Gasteiger charge is 2.21. The lowest BCUT2D eigenvalue weighted by molar-refractivity contribution is -0.121. The Labute approximate surface area is 166 Å². The molecular weight excluding hydrogens is 354 g/mol. The van der Waals surface area contributed by atoms with Crippen molar-refractivity contribution in [2.24, 2.45) is 5.92 Å². The summed E-state index contributed by atoms with van der Waals surface area (Å²) in [4.78, 5) is 26.0. The smallest absolute Gasteiger partial charge is 0.321 e. The van der Waals surface area contributed by atoms with E-state index < -0.39 is 6.03 Å². The minimum absolute atomic E-state index is 0.262. The first kappa shape index (κ1) is 20.1. The number of hydrogen-bond donors (Lipinski definition) is 2. The normalized spacial score (nSPS) is 15.3. The lowest BCUT2D eigenvalue weighted by atomic mass is 9.90. The summed E-state index contributed by atoms with van der Waals surface area (Å²) < 4.78 is 5.14. The summed E-state index contributed by atoms with van der Waals surface area (Å²) in [5.74, 6) is 1.09. The van der Waals surface area contributed by atoms with E-state index in [4.69, 9.17) is 4.42 Å². The standard InChI is InChI=1S/C22H29N3O3/c1-17-4-6-18(7-5-17)8-9-19-10-12-25(13-11-19)16-21(26)24-22(27)23-15-20-3-2-14-28-20/h2-7,14,19H,8-13,15-16H2,1H3,(H2,23,24,26,27). The van der Waals surface area contributed by atoms with Gasteiger partial charge in [-0.1, -0.05) is 29.8 Å². The van der Waals surface area contributed by atoms with E-state index >= 15 is 0 Å². The molecule has 0 spiro atoms. The first-order valence-corrected chi connectivity index (χ1v) is 9.96. The van der Waals surface area contributed by atoms with Crippen LogP contribution in [0.2, 0.25) is 0 Å². The molecule has 1 saturated heterocycles. The second-order valence-corrected chi connectivity index (χ2v) is 7.55. The minimum Gasteiger partial charge on any atom is -0.467 e. The molecule has 0 aliphatic carbocycles. The van der Waals surface area contributed by atoms with Crippen molar-refractivity contribution in [3.63, 3.8) is 0 Å². The first-order chi connectivity index (χ1) is 13.6. The summed E-state index contributed by atoms with van der Waals surface area (Å²) in [7, 11) is 0. The Kier molecular flexibility index (Phi) is 7.25. The van der Waals surface area contributed by atoms with Crippen molar-refractivity contribution in [3.8, 4) is 0 Å². The molecule has 6 heteroatoms. The molecular formula is C22H29N3O3. The summed E-state index contributed by atoms with van der Waals surface area (Å²) in [5, 5.41) is 4.99. The summed E-state index contributed by atoms with van der Waals surface area (Å²) in [6, 6.07) is 11.8. The zero-order chi connectivity index (χ0) is 19.8. The molecule has 0 atom stereocenters. The van der Waals surface area contributed by atoms with Crippen molar-refractivity contribution < 1.29 is 14.0 Å². The fourth-order valence-electron chi connectivity index (χ4n) is 3.55. The third-order valence-electron chi connectivity index (χ3n) is 5.29. The number of amides is 3. The second kappa shape index (κ2) is 10.1. The largest absolute Gasteiger partial charge is 0.467 e. The molecule has 0 unspecified atom stereocenters. The van der Waals surface area contributed by atoms with Gasteiger partial charge in [-0.3, -0.25) is 15.0 Å². The van der Waals surface area contributed by atoms with Crippen molar-refractivity contribution in [2.45, 2.75) is 39.2 Å². The third kappa shape index (κ3) is 6.53. The Morgan fingerprint density at radius 1 is 1.14 bits per heavy atom. The summed E-state index contributed by atoms with van der Waals surface area (Å²) in [6.45, 7) is 4.44. The van der Waals surface area contributed by atoms with Crippen LogP contribution in [-0.2, 0) is 17.8 Å². The molecule has 1 aromatic heterocycles. The highest BCUT2D eigenvalue weighted by Crippen LogP contribution is 2.22. The quantitative estimate of drug-likeness (QED) is 0.770. The molecule has 0 saturated carbocycles. The number of nitrogens with one attached hydrogen (secondary N) is 2. The molecule has 1 aliphatic heterocycles. The Bertz CT molecular complexity index is 748. The predicted octanol–water partition coefficient (Wildman–Crippen LogP) is 3.26. The number of carbonyl (C=O) groups excluding carboxylic acids is 2. The number of furan rings is 1. The summed E-state index contributed by atoms with van der Waals surface area (Å²) in [6.07, 6.45) is 6.05. The molecule has 0 bridgehead atoms. The van der Waals surface area contributed by atoms with Crippen LogP contribution in [0.25, 0.3) is 0 Å². The molecule has 1 aromatic carbocycles. The second-order valence-electron chi connectivity index (χ2n) is 7.55. The van der Waals surface area contributed by atoms with E-state index in [0.29, 0.717) is 11.7 Å². The number of hydrogen-bond acceptors (Lipinski definition) is 4. The molecule has 0 radical (unpaired) electrons. The average molecular weight is 383 g/mol. The zero-order valence-corrected chi connectivity index (χ0v) is 16.4. The maximum Gasteiger partial charge on any atom is 0.321 e. The monoisotopic (exact) mass is 383 g/mol. The third-order valence-corrected chi connectivity index (χ3v) is 5.29. The highest BCUT2D eigenvalue weighted by molar-refractivity contribution is 5.95. The molecule has 2 heterocycles. The van der Waals surface area contributed by atoms with Crippen LogP contribution >= 0.6 is 0 Å². The van der Waals surface area contributed by atoms with Crippen molar-refractivity contribution in [3.05, 3.63) is 59.5 Å². The van der Waals surface area contributed by atoms with Crippen LogP contribution in [0.5, 0.6) is 0 Å². The number of urea groups is 1. The number of imide groups is 1. The van der Waals surface area contributed by atoms with Crippen LogP contribution in [-0.4, -0.2) is 36.5 Å². The average Bonchev–Trinajstić information content (AvgIpc) is 3.21. The van der Waals surface area contributed by atoms with Crippen LogP contribution in [0.3, 0.4) is 0 Å². The SMILES string of the molecule is Cc1ccc(CCC2CCN(CC(=O)NC(=O)NCc3ccco3)CC2)cc1. The van der Waals surface area contributed by atoms with Crippen molar-refractivity contribution in [2.75, 3.05) is 19.6 Å². The molecule has 3 amide bonds. The zero-order valence-electron chi connectivity index (χ0n) is 16.4. The lowest BCUT2D eigenvalue weighted by Crippen LogP contribution is -2.46. The fourth-order valence-corrected chi connectivity index (χ4v) is 3.55. The number of benzene rings is 1. The van der Waals surface area contributed by atoms with Crippen LogP contribution in [0.4, 0.5) is 4.79 Å². The van der Waals surface area contributed by atoms with Crippen molar-refractivity contribution in [1.82, 2.24) is 15.5 Å². The summed E-state index contributed by atoms with van der Waals surface area (Å²) in [5.41, 5.74) is 2.69. The summed E-state index contributed by atoms with van der Waals surface area (Å²) >= 11 is 0. The number of likely N-dealkylation sites (tertiary alicyclic amines) is 1. The number of piperidine rings is 1. The van der Waals surface area contributed by atoms with Crippen LogP contribution < -0.4 is 10.6 Å². The van der Waals surface area contributed by atoms with Gasteiger partial charge in [-0.25, -0.2) is 4.79 Å². The van der Waals surface area contributed by atoms with E-state index in [1.165, 1.54) is 17.5 Å². The van der Waals surface area contributed by atoms with Gasteiger partial charge in [-0.2, -0.15) is 0 Å². The van der Waals surface area contributed by atoms with Crippen molar-refractivity contribution in [1.29, 1.82) is 0 Å². The van der Waals surface area contributed by atoms with E-state index in [0.717, 1.165) is 32.4 Å². The van der Waals surface area contributed by atoms with Gasteiger partial charge in [-0.05, 0) is 69.3 Å². The lowest BCUT2D eigenvalue weighted by Gasteiger charge is -2.31. The molecule has 150 valence electrons. The van der Waals surface area contributed by atoms with E-state index in [9.17, 15) is 9.59 Å². The number of carbonyl (C=O) groups is 2. The minimum atomic E-state index is -0.491. The van der Waals surface area contributed by atoms with Gasteiger partial charge in [0.15, 0.2) is 0 Å². The van der Waals surface area contributed by atoms with Gasteiger partial charge in [0.1, 0.15) is 5.76 Å². The Morgan fingerprint density at radius 3 is 2.57 bits per heavy atom. The maximum atomic E-state index is 12.1. The van der Waals surface area contributed by atoms with Gasteiger partial charge in [0.2, 0.25) is 5.91 Å². The first-order valence-electron chi connectivity index (χ1n) is 9.96. The van der Waals surface area contributed by atoms with Crippen molar-refractivity contribution >= 4 is 11.9 Å². The van der Waals surface area contributed by atoms with Gasteiger partial charge in [0.05, 0.1) is 19.4 Å². The molecule has 6 nitrogen and oxygen atoms in total. The molecule has 2 aromatic rings. The highest BCUT2D eigenvalue weighted by atomic mass is 16.3. The van der Waals surface area contributed by atoms with Crippen LogP contribution in [0, 0.1) is 12.8 Å². The van der Waals surface area contributed by atoms with Crippen LogP contribution in [0.1, 0.15) is 36.1 Å². The molecule has 28 heavy (non-hydrogen) atoms. The topological polar surface area (TPSA) is 74.6 Å². The Morgan fingerprint density at radius 2 is 1.89 bits per heavy atom. The van der Waals surface area contributed by atoms with E-state index in [1.54, 1.807) is 18.4 Å². The van der Waals surface area contributed by atoms with Crippen LogP contribution in [0.15, 0.2) is 47.1 Å². The van der Waals surface area contributed by atoms with Gasteiger partial charge in [-0.15, -0.1) is 0 Å².